The van der Waals surface area contributed by atoms with E-state index in [4.69, 9.17) is 5.11 Å². The lowest BCUT2D eigenvalue weighted by atomic mass is 10.1. The van der Waals surface area contributed by atoms with Crippen molar-refractivity contribution < 1.29 is 5.11 Å². The van der Waals surface area contributed by atoms with Gasteiger partial charge in [0, 0.05) is 17.5 Å². The van der Waals surface area contributed by atoms with Gasteiger partial charge in [-0.15, -0.1) is 0 Å². The predicted molar refractivity (Wildman–Crippen MR) is 39.0 cm³/mol. The molecule has 0 unspecified atom stereocenters. The van der Waals surface area contributed by atoms with Crippen LogP contribution in [-0.2, 0) is 0 Å². The van der Waals surface area contributed by atoms with E-state index in [0.29, 0.717) is 0 Å². The van der Waals surface area contributed by atoms with Crippen molar-refractivity contribution in [3.8, 4) is 0 Å². The molecule has 10 heavy (non-hydrogen) atoms. The molecule has 53 valence electrons. The summed E-state index contributed by atoms with van der Waals surface area (Å²) < 4.78 is 0. The van der Waals surface area contributed by atoms with Crippen LogP contribution in [0, 0.1) is 20.5 Å². The van der Waals surface area contributed by atoms with E-state index in [1.807, 2.05) is 19.9 Å². The molecule has 0 fully saturated rings. The van der Waals surface area contributed by atoms with Gasteiger partial charge in [0.05, 0.1) is 0 Å². The molecule has 2 heteroatoms. The van der Waals surface area contributed by atoms with Crippen LogP contribution in [-0.4, -0.2) is 10.1 Å². The summed E-state index contributed by atoms with van der Waals surface area (Å²) in [4.78, 5) is 4.02. The van der Waals surface area contributed by atoms with Crippen molar-refractivity contribution in [3.63, 3.8) is 0 Å². The Labute approximate surface area is 60.5 Å². The number of aliphatic hydroxyl groups is 1. The summed E-state index contributed by atoms with van der Waals surface area (Å²) in [6.07, 6.45) is 1.66. The van der Waals surface area contributed by atoms with Crippen LogP contribution in [0.5, 0.6) is 0 Å². The molecule has 0 aliphatic rings. The van der Waals surface area contributed by atoms with Crippen molar-refractivity contribution in [2.45, 2.75) is 13.8 Å². The Kier molecular flexibility index (Phi) is 2.02. The lowest BCUT2D eigenvalue weighted by molar-refractivity contribution is 0.413. The zero-order valence-corrected chi connectivity index (χ0v) is 6.13. The molecule has 0 bridgehead atoms. The highest BCUT2D eigenvalue weighted by atomic mass is 16.3. The fourth-order valence-electron chi connectivity index (χ4n) is 0.842. The third kappa shape index (κ3) is 1.33. The van der Waals surface area contributed by atoms with Crippen LogP contribution in [0.15, 0.2) is 12.3 Å². The van der Waals surface area contributed by atoms with Gasteiger partial charge in [0.2, 0.25) is 0 Å². The van der Waals surface area contributed by atoms with E-state index in [-0.39, 0.29) is 0 Å². The molecule has 0 aromatic carbocycles. The molecule has 1 rings (SSSR count). The minimum Gasteiger partial charge on any atom is -0.385 e. The molecule has 0 aliphatic heterocycles. The molecule has 0 saturated carbocycles. The van der Waals surface area contributed by atoms with Gasteiger partial charge in [-0.3, -0.25) is 4.98 Å². The van der Waals surface area contributed by atoms with Gasteiger partial charge in [-0.2, -0.15) is 0 Å². The number of aliphatic hydroxyl groups excluding tert-OH is 1. The lowest BCUT2D eigenvalue weighted by Gasteiger charge is -2.00. The van der Waals surface area contributed by atoms with Gasteiger partial charge >= 0.3 is 0 Å². The zero-order valence-electron chi connectivity index (χ0n) is 6.13. The highest BCUT2D eigenvalue weighted by molar-refractivity contribution is 5.28. The van der Waals surface area contributed by atoms with Crippen molar-refractivity contribution >= 4 is 0 Å². The molecular formula is C8H10NO. The largest absolute Gasteiger partial charge is 0.385 e. The average Bonchev–Trinajstić information content (AvgIpc) is 1.88. The van der Waals surface area contributed by atoms with Gasteiger partial charge in [0.15, 0.2) is 0 Å². The Morgan fingerprint density at radius 3 is 2.70 bits per heavy atom. The maximum atomic E-state index is 8.64. The first-order valence-corrected chi connectivity index (χ1v) is 3.14. The second-order valence-corrected chi connectivity index (χ2v) is 2.31. The maximum Gasteiger partial charge on any atom is 0.111 e. The number of aryl methyl sites for hydroxylation is 2. The third-order valence-electron chi connectivity index (χ3n) is 1.43. The summed E-state index contributed by atoms with van der Waals surface area (Å²) in [5.74, 6) is 0. The smallest absolute Gasteiger partial charge is 0.111 e. The molecular weight excluding hydrogens is 126 g/mol. The van der Waals surface area contributed by atoms with Gasteiger partial charge in [0.1, 0.15) is 6.61 Å². The molecule has 1 aromatic rings. The summed E-state index contributed by atoms with van der Waals surface area (Å²) in [5.41, 5.74) is 2.81. The van der Waals surface area contributed by atoms with Crippen LogP contribution < -0.4 is 0 Å². The normalized spacial score (nSPS) is 9.90. The molecule has 0 aliphatic carbocycles. The van der Waals surface area contributed by atoms with Crippen molar-refractivity contribution in [1.82, 2.24) is 4.98 Å². The number of aromatic nitrogens is 1. The zero-order chi connectivity index (χ0) is 7.56. The average molecular weight is 136 g/mol. The molecule has 0 spiro atoms. The van der Waals surface area contributed by atoms with Crippen molar-refractivity contribution in [3.05, 3.63) is 35.7 Å². The molecule has 1 aromatic heterocycles. The minimum atomic E-state index is 0.783. The first-order chi connectivity index (χ1) is 4.74. The molecule has 1 heterocycles. The van der Waals surface area contributed by atoms with E-state index >= 15 is 0 Å². The molecule has 2 nitrogen and oxygen atoms in total. The van der Waals surface area contributed by atoms with Crippen LogP contribution in [0.4, 0.5) is 0 Å². The van der Waals surface area contributed by atoms with Crippen molar-refractivity contribution in [2.24, 2.45) is 0 Å². The fourth-order valence-corrected chi connectivity index (χ4v) is 0.842. The van der Waals surface area contributed by atoms with Gasteiger partial charge in [-0.1, -0.05) is 0 Å². The minimum absolute atomic E-state index is 0.783. The van der Waals surface area contributed by atoms with Crippen LogP contribution >= 0.6 is 0 Å². The third-order valence-corrected chi connectivity index (χ3v) is 1.43. The van der Waals surface area contributed by atoms with Gasteiger partial charge in [0.25, 0.3) is 0 Å². The second kappa shape index (κ2) is 2.80. The quantitative estimate of drug-likeness (QED) is 0.635. The number of rotatable bonds is 1. The first kappa shape index (κ1) is 7.22. The van der Waals surface area contributed by atoms with Crippen LogP contribution in [0.3, 0.4) is 0 Å². The topological polar surface area (TPSA) is 33.1 Å². The summed E-state index contributed by atoms with van der Waals surface area (Å²) in [6, 6.07) is 1.93. The van der Waals surface area contributed by atoms with Crippen LogP contribution in [0.25, 0.3) is 0 Å². The fraction of sp³-hybridized carbons (Fsp3) is 0.250. The Hall–Kier alpha value is -0.890. The van der Waals surface area contributed by atoms with Crippen molar-refractivity contribution in [1.29, 1.82) is 0 Å². The second-order valence-electron chi connectivity index (χ2n) is 2.31. The van der Waals surface area contributed by atoms with Gasteiger partial charge in [-0.05, 0) is 25.5 Å². The van der Waals surface area contributed by atoms with Crippen molar-refractivity contribution in [2.75, 3.05) is 0 Å². The molecule has 0 atom stereocenters. The Morgan fingerprint density at radius 1 is 1.50 bits per heavy atom. The van der Waals surface area contributed by atoms with E-state index in [2.05, 4.69) is 4.98 Å². The van der Waals surface area contributed by atoms with Gasteiger partial charge in [-0.25, -0.2) is 0 Å². The van der Waals surface area contributed by atoms with Gasteiger partial charge < -0.3 is 5.11 Å². The van der Waals surface area contributed by atoms with E-state index in [0.717, 1.165) is 23.4 Å². The highest BCUT2D eigenvalue weighted by Crippen LogP contribution is 2.07. The van der Waals surface area contributed by atoms with E-state index < -0.39 is 0 Å². The first-order valence-electron chi connectivity index (χ1n) is 3.14. The molecule has 0 saturated heterocycles. The number of hydrogen-bond donors (Lipinski definition) is 1. The molecule has 1 radical (unpaired) electrons. The summed E-state index contributed by atoms with van der Waals surface area (Å²) >= 11 is 0. The number of pyridine rings is 1. The van der Waals surface area contributed by atoms with Crippen LogP contribution in [0.2, 0.25) is 0 Å². The summed E-state index contributed by atoms with van der Waals surface area (Å²) in [5, 5.41) is 8.64. The summed E-state index contributed by atoms with van der Waals surface area (Å²) in [6.45, 7) is 4.94. The maximum absolute atomic E-state index is 8.64. The Bertz CT molecular complexity index is 233. The molecule has 1 N–H and O–H groups in total. The Morgan fingerprint density at radius 2 is 2.20 bits per heavy atom. The monoisotopic (exact) mass is 136 g/mol. The van der Waals surface area contributed by atoms with E-state index in [9.17, 15) is 0 Å². The highest BCUT2D eigenvalue weighted by Gasteiger charge is 1.96. The number of hydrogen-bond acceptors (Lipinski definition) is 2. The number of nitrogens with zero attached hydrogens (tertiary/aromatic N) is 1. The predicted octanol–water partition coefficient (Wildman–Crippen LogP) is 1.58. The molecule has 0 amide bonds. The lowest BCUT2D eigenvalue weighted by Crippen LogP contribution is -1.89. The van der Waals surface area contributed by atoms with E-state index in [1.165, 1.54) is 0 Å². The van der Waals surface area contributed by atoms with E-state index in [1.54, 1.807) is 6.20 Å². The summed E-state index contributed by atoms with van der Waals surface area (Å²) in [7, 11) is 0. The standard InChI is InChI=1S/C8H10NO/c1-6-3-7(2)9-4-8(6)5-10/h3-5,10H,1-2H3. The Balaban J connectivity index is 3.07. The van der Waals surface area contributed by atoms with Crippen LogP contribution in [0.1, 0.15) is 16.8 Å². The SMILES string of the molecule is Cc1cc(C)c([CH]O)cn1.